The number of nitrogens with zero attached hydrogens (tertiary/aromatic N) is 1. The summed E-state index contributed by atoms with van der Waals surface area (Å²) in [5, 5.41) is 12.3. The third kappa shape index (κ3) is 2.54. The van der Waals surface area contributed by atoms with Gasteiger partial charge in [0.25, 0.3) is 5.91 Å². The summed E-state index contributed by atoms with van der Waals surface area (Å²) in [7, 11) is 0. The predicted octanol–water partition coefficient (Wildman–Crippen LogP) is 1.05. The van der Waals surface area contributed by atoms with Gasteiger partial charge in [-0.25, -0.2) is 0 Å². The normalized spacial score (nSPS) is 19.2. The van der Waals surface area contributed by atoms with Crippen molar-refractivity contribution in [2.45, 2.75) is 26.3 Å². The van der Waals surface area contributed by atoms with E-state index in [-0.39, 0.29) is 17.6 Å². The number of aryl methyl sites for hydroxylation is 1. The van der Waals surface area contributed by atoms with Gasteiger partial charge in [-0.3, -0.25) is 9.59 Å². The molecule has 102 valence electrons. The van der Waals surface area contributed by atoms with Crippen LogP contribution in [-0.4, -0.2) is 41.0 Å². The van der Waals surface area contributed by atoms with Gasteiger partial charge in [-0.05, 0) is 37.1 Å². The Morgan fingerprint density at radius 2 is 2.26 bits per heavy atom. The topological polar surface area (TPSA) is 69.6 Å². The van der Waals surface area contributed by atoms with Gasteiger partial charge in [-0.15, -0.1) is 0 Å². The van der Waals surface area contributed by atoms with E-state index < -0.39 is 6.04 Å². The van der Waals surface area contributed by atoms with E-state index in [0.717, 1.165) is 0 Å². The molecule has 5 nitrogen and oxygen atoms in total. The summed E-state index contributed by atoms with van der Waals surface area (Å²) < 4.78 is 0. The molecule has 5 heteroatoms. The molecule has 0 aromatic heterocycles. The minimum absolute atomic E-state index is 0.0994. The fourth-order valence-corrected chi connectivity index (χ4v) is 2.32. The number of amides is 2. The van der Waals surface area contributed by atoms with E-state index in [1.165, 1.54) is 6.07 Å². The SMILES string of the molecule is CCC1C(=O)NCCN1C(=O)c1ccc(O)c(C)c1. The van der Waals surface area contributed by atoms with Crippen molar-refractivity contribution in [3.05, 3.63) is 29.3 Å². The average molecular weight is 262 g/mol. The summed E-state index contributed by atoms with van der Waals surface area (Å²) in [4.78, 5) is 25.8. The molecule has 1 aliphatic heterocycles. The second-order valence-electron chi connectivity index (χ2n) is 4.71. The molecule has 0 aliphatic carbocycles. The molecule has 1 atom stereocenters. The summed E-state index contributed by atoms with van der Waals surface area (Å²) >= 11 is 0. The number of benzene rings is 1. The number of hydrogen-bond donors (Lipinski definition) is 2. The molecule has 1 fully saturated rings. The smallest absolute Gasteiger partial charge is 0.254 e. The van der Waals surface area contributed by atoms with E-state index in [9.17, 15) is 14.7 Å². The first kappa shape index (κ1) is 13.4. The van der Waals surface area contributed by atoms with Crippen molar-refractivity contribution in [2.75, 3.05) is 13.1 Å². The van der Waals surface area contributed by atoms with Gasteiger partial charge in [0.2, 0.25) is 5.91 Å². The Kier molecular flexibility index (Phi) is 3.74. The number of phenols is 1. The van der Waals surface area contributed by atoms with Crippen molar-refractivity contribution in [3.8, 4) is 5.75 Å². The Balaban J connectivity index is 2.26. The maximum absolute atomic E-state index is 12.4. The van der Waals surface area contributed by atoms with Crippen LogP contribution in [0, 0.1) is 6.92 Å². The predicted molar refractivity (Wildman–Crippen MR) is 71.0 cm³/mol. The van der Waals surface area contributed by atoms with Crippen LogP contribution < -0.4 is 5.32 Å². The summed E-state index contributed by atoms with van der Waals surface area (Å²) in [5.74, 6) is -0.0950. The van der Waals surface area contributed by atoms with Crippen LogP contribution in [0.1, 0.15) is 29.3 Å². The highest BCUT2D eigenvalue weighted by molar-refractivity contribution is 5.98. The zero-order valence-corrected chi connectivity index (χ0v) is 11.1. The summed E-state index contributed by atoms with van der Waals surface area (Å²) in [6.45, 7) is 4.63. The minimum Gasteiger partial charge on any atom is -0.508 e. The molecule has 2 rings (SSSR count). The monoisotopic (exact) mass is 262 g/mol. The van der Waals surface area contributed by atoms with Gasteiger partial charge in [-0.1, -0.05) is 6.92 Å². The highest BCUT2D eigenvalue weighted by Gasteiger charge is 2.32. The Morgan fingerprint density at radius 1 is 1.53 bits per heavy atom. The Bertz CT molecular complexity index is 513. The highest BCUT2D eigenvalue weighted by atomic mass is 16.3. The number of nitrogens with one attached hydrogen (secondary N) is 1. The molecule has 0 radical (unpaired) electrons. The number of carbonyl (C=O) groups excluding carboxylic acids is 2. The molecule has 0 spiro atoms. The molecule has 1 heterocycles. The molecule has 1 aromatic rings. The molecule has 2 amide bonds. The maximum atomic E-state index is 12.4. The largest absolute Gasteiger partial charge is 0.508 e. The Hall–Kier alpha value is -2.04. The lowest BCUT2D eigenvalue weighted by Gasteiger charge is -2.34. The van der Waals surface area contributed by atoms with Crippen molar-refractivity contribution < 1.29 is 14.7 Å². The van der Waals surface area contributed by atoms with Crippen LogP contribution in [0.15, 0.2) is 18.2 Å². The van der Waals surface area contributed by atoms with E-state index in [1.54, 1.807) is 24.0 Å². The number of piperazine rings is 1. The lowest BCUT2D eigenvalue weighted by Crippen LogP contribution is -2.56. The van der Waals surface area contributed by atoms with Crippen molar-refractivity contribution in [3.63, 3.8) is 0 Å². The van der Waals surface area contributed by atoms with E-state index in [0.29, 0.717) is 30.6 Å². The fourth-order valence-electron chi connectivity index (χ4n) is 2.32. The molecule has 2 N–H and O–H groups in total. The van der Waals surface area contributed by atoms with E-state index >= 15 is 0 Å². The summed E-state index contributed by atoms with van der Waals surface area (Å²) in [6.07, 6.45) is 0.592. The van der Waals surface area contributed by atoms with Gasteiger partial charge >= 0.3 is 0 Å². The third-order valence-corrected chi connectivity index (χ3v) is 3.42. The van der Waals surface area contributed by atoms with Gasteiger partial charge in [-0.2, -0.15) is 0 Å². The number of carbonyl (C=O) groups is 2. The van der Waals surface area contributed by atoms with Gasteiger partial charge in [0.1, 0.15) is 11.8 Å². The van der Waals surface area contributed by atoms with Gasteiger partial charge in [0, 0.05) is 18.7 Å². The number of aromatic hydroxyl groups is 1. The zero-order chi connectivity index (χ0) is 14.0. The first-order chi connectivity index (χ1) is 9.04. The Morgan fingerprint density at radius 3 is 2.89 bits per heavy atom. The lowest BCUT2D eigenvalue weighted by atomic mass is 10.1. The second kappa shape index (κ2) is 5.30. The minimum atomic E-state index is -0.407. The third-order valence-electron chi connectivity index (χ3n) is 3.42. The van der Waals surface area contributed by atoms with E-state index in [2.05, 4.69) is 5.32 Å². The van der Waals surface area contributed by atoms with Crippen LogP contribution in [0.2, 0.25) is 0 Å². The van der Waals surface area contributed by atoms with Gasteiger partial charge < -0.3 is 15.3 Å². The lowest BCUT2D eigenvalue weighted by molar-refractivity contribution is -0.127. The molecule has 0 bridgehead atoms. The molecule has 0 saturated carbocycles. The van der Waals surface area contributed by atoms with Crippen LogP contribution >= 0.6 is 0 Å². The molecular formula is C14H18N2O3. The fraction of sp³-hybridized carbons (Fsp3) is 0.429. The molecular weight excluding hydrogens is 244 g/mol. The molecule has 19 heavy (non-hydrogen) atoms. The zero-order valence-electron chi connectivity index (χ0n) is 11.1. The van der Waals surface area contributed by atoms with Crippen molar-refractivity contribution >= 4 is 11.8 Å². The molecule has 1 unspecified atom stereocenters. The van der Waals surface area contributed by atoms with Crippen molar-refractivity contribution in [1.82, 2.24) is 10.2 Å². The molecule has 1 aliphatic rings. The van der Waals surface area contributed by atoms with Crippen LogP contribution in [0.3, 0.4) is 0 Å². The average Bonchev–Trinajstić information content (AvgIpc) is 2.40. The van der Waals surface area contributed by atoms with Crippen molar-refractivity contribution in [2.24, 2.45) is 0 Å². The summed E-state index contributed by atoms with van der Waals surface area (Å²) in [5.41, 5.74) is 1.16. The molecule has 1 saturated heterocycles. The van der Waals surface area contributed by atoms with E-state index in [4.69, 9.17) is 0 Å². The molecule has 1 aromatic carbocycles. The number of phenolic OH excluding ortho intramolecular Hbond substituents is 1. The number of hydrogen-bond acceptors (Lipinski definition) is 3. The first-order valence-corrected chi connectivity index (χ1v) is 6.43. The van der Waals surface area contributed by atoms with Gasteiger partial charge in [0.05, 0.1) is 0 Å². The van der Waals surface area contributed by atoms with Crippen LogP contribution in [-0.2, 0) is 4.79 Å². The van der Waals surface area contributed by atoms with Crippen LogP contribution in [0.5, 0.6) is 5.75 Å². The Labute approximate surface area is 112 Å². The van der Waals surface area contributed by atoms with E-state index in [1.807, 2.05) is 6.92 Å². The highest BCUT2D eigenvalue weighted by Crippen LogP contribution is 2.20. The summed E-state index contributed by atoms with van der Waals surface area (Å²) in [6, 6.07) is 4.34. The quantitative estimate of drug-likeness (QED) is 0.837. The van der Waals surface area contributed by atoms with Crippen LogP contribution in [0.25, 0.3) is 0 Å². The van der Waals surface area contributed by atoms with Gasteiger partial charge in [0.15, 0.2) is 0 Å². The standard InChI is InChI=1S/C14H18N2O3/c1-3-11-13(18)15-6-7-16(11)14(19)10-4-5-12(17)9(2)8-10/h4-5,8,11,17H,3,6-7H2,1-2H3,(H,15,18). The second-order valence-corrected chi connectivity index (χ2v) is 4.71. The van der Waals surface area contributed by atoms with Crippen molar-refractivity contribution in [1.29, 1.82) is 0 Å². The van der Waals surface area contributed by atoms with Crippen LogP contribution in [0.4, 0.5) is 0 Å². The first-order valence-electron chi connectivity index (χ1n) is 6.43. The maximum Gasteiger partial charge on any atom is 0.254 e. The number of rotatable bonds is 2.